The molecule has 7 atom stereocenters. The third-order valence-electron chi connectivity index (χ3n) is 8.37. The van der Waals surface area contributed by atoms with Gasteiger partial charge in [-0.2, -0.15) is 0 Å². The van der Waals surface area contributed by atoms with Crippen molar-refractivity contribution in [3.63, 3.8) is 0 Å². The summed E-state index contributed by atoms with van der Waals surface area (Å²) in [7, 11) is 0. The van der Waals surface area contributed by atoms with E-state index < -0.39 is 11.6 Å². The highest BCUT2D eigenvalue weighted by atomic mass is 16.4. The molecule has 0 bridgehead atoms. The van der Waals surface area contributed by atoms with Gasteiger partial charge in [-0.05, 0) is 51.5 Å². The number of carbonyl (C=O) groups is 1. The Balaban J connectivity index is 1.33. The number of carboxylic acids is 1. The van der Waals surface area contributed by atoms with E-state index in [2.05, 4.69) is 27.4 Å². The van der Waals surface area contributed by atoms with Crippen molar-refractivity contribution in [2.24, 2.45) is 10.9 Å². The molecule has 0 aromatic carbocycles. The predicted molar refractivity (Wildman–Crippen MR) is 135 cm³/mol. The lowest BCUT2D eigenvalue weighted by molar-refractivity contribution is -0.146. The highest BCUT2D eigenvalue weighted by Crippen LogP contribution is 2.37. The molecule has 0 amide bonds. The van der Waals surface area contributed by atoms with E-state index in [9.17, 15) is 20.1 Å². The van der Waals surface area contributed by atoms with E-state index in [0.717, 1.165) is 58.3 Å². The van der Waals surface area contributed by atoms with Gasteiger partial charge in [-0.15, -0.1) is 0 Å². The highest BCUT2D eigenvalue weighted by Gasteiger charge is 2.43. The van der Waals surface area contributed by atoms with Gasteiger partial charge in [-0.25, -0.2) is 0 Å². The summed E-state index contributed by atoms with van der Waals surface area (Å²) in [5, 5.41) is 37.6. The number of aliphatic imine (C=N–C) groups is 1. The number of hydrogen-bond donors (Lipinski definition) is 5. The Kier molecular flexibility index (Phi) is 10.8. The van der Waals surface area contributed by atoms with Gasteiger partial charge in [0.1, 0.15) is 0 Å². The zero-order valence-electron chi connectivity index (χ0n) is 21.3. The van der Waals surface area contributed by atoms with Crippen LogP contribution >= 0.6 is 0 Å². The van der Waals surface area contributed by atoms with Gasteiger partial charge in [0.2, 0.25) is 0 Å². The van der Waals surface area contributed by atoms with Crippen molar-refractivity contribution < 1.29 is 20.1 Å². The maximum absolute atomic E-state index is 11.3. The zero-order valence-corrected chi connectivity index (χ0v) is 21.3. The molecular weight excluding hydrogens is 432 g/mol. The lowest BCUT2D eigenvalue weighted by Crippen LogP contribution is -2.60. The van der Waals surface area contributed by atoms with E-state index >= 15 is 0 Å². The molecule has 0 aromatic heterocycles. The predicted octanol–water partition coefficient (Wildman–Crippen LogP) is 2.52. The molecule has 8 heteroatoms. The second kappa shape index (κ2) is 13.3. The van der Waals surface area contributed by atoms with Crippen LogP contribution < -0.4 is 10.6 Å². The van der Waals surface area contributed by atoms with Crippen LogP contribution in [-0.4, -0.2) is 88.0 Å². The van der Waals surface area contributed by atoms with E-state index in [1.54, 1.807) is 0 Å². The van der Waals surface area contributed by atoms with Crippen LogP contribution in [0.15, 0.2) is 4.99 Å². The molecule has 5 N–H and O–H groups in total. The van der Waals surface area contributed by atoms with Crippen molar-refractivity contribution in [1.29, 1.82) is 0 Å². The number of nitrogens with zero attached hydrogens (tertiary/aromatic N) is 2. The monoisotopic (exact) mass is 480 g/mol. The Morgan fingerprint density at radius 3 is 2.62 bits per heavy atom. The average Bonchev–Trinajstić information content (AvgIpc) is 3.31. The van der Waals surface area contributed by atoms with Crippen LogP contribution in [-0.2, 0) is 4.79 Å². The molecular formula is C26H48N4O4. The van der Waals surface area contributed by atoms with Gasteiger partial charge >= 0.3 is 5.97 Å². The van der Waals surface area contributed by atoms with Crippen LogP contribution in [0.25, 0.3) is 0 Å². The molecule has 3 rings (SSSR count). The van der Waals surface area contributed by atoms with Crippen molar-refractivity contribution in [2.75, 3.05) is 19.8 Å². The number of carboxylic acid groups (broad SMARTS) is 1. The van der Waals surface area contributed by atoms with Crippen LogP contribution in [0, 0.1) is 5.92 Å². The van der Waals surface area contributed by atoms with Crippen LogP contribution in [0.4, 0.5) is 0 Å². The SMILES string of the molecule is CCN[C@H]1CC[C@H](CCCCCCC[C@H]2N[C@@H](C)[C@H](O)C[C@@H]2N2CC=NC2)C[C@@]1(O)CC(=O)O. The Bertz CT molecular complexity index is 655. The molecule has 1 saturated carbocycles. The quantitative estimate of drug-likeness (QED) is 0.257. The molecule has 0 unspecified atom stereocenters. The first-order valence-corrected chi connectivity index (χ1v) is 13.7. The number of rotatable bonds is 13. The minimum atomic E-state index is -1.13. The number of piperidine rings is 1. The first-order chi connectivity index (χ1) is 16.3. The Labute approximate surface area is 205 Å². The summed E-state index contributed by atoms with van der Waals surface area (Å²) in [6.07, 6.45) is 13.1. The summed E-state index contributed by atoms with van der Waals surface area (Å²) in [6, 6.07) is 0.805. The number of aliphatic hydroxyl groups excluding tert-OH is 1. The second-order valence-corrected chi connectivity index (χ2v) is 11.0. The third kappa shape index (κ3) is 7.72. The molecule has 3 aliphatic rings. The molecule has 2 fully saturated rings. The summed E-state index contributed by atoms with van der Waals surface area (Å²) in [5.41, 5.74) is -1.13. The summed E-state index contributed by atoms with van der Waals surface area (Å²) in [5.74, 6) is -0.496. The van der Waals surface area contributed by atoms with Gasteiger partial charge in [0.05, 0.1) is 24.8 Å². The van der Waals surface area contributed by atoms with Crippen molar-refractivity contribution in [3.8, 4) is 0 Å². The van der Waals surface area contributed by atoms with Crippen LogP contribution in [0.1, 0.15) is 90.9 Å². The minimum absolute atomic E-state index is 0.113. The highest BCUT2D eigenvalue weighted by molar-refractivity contribution is 5.68. The number of nitrogens with one attached hydrogen (secondary N) is 2. The summed E-state index contributed by atoms with van der Waals surface area (Å²) in [4.78, 5) is 18.1. The maximum Gasteiger partial charge on any atom is 0.306 e. The van der Waals surface area contributed by atoms with Crippen molar-refractivity contribution in [2.45, 2.75) is 127 Å². The van der Waals surface area contributed by atoms with Gasteiger partial charge in [0.25, 0.3) is 0 Å². The summed E-state index contributed by atoms with van der Waals surface area (Å²) < 4.78 is 0. The topological polar surface area (TPSA) is 117 Å². The van der Waals surface area contributed by atoms with E-state index in [0.29, 0.717) is 24.4 Å². The fourth-order valence-electron chi connectivity index (χ4n) is 6.46. The Morgan fingerprint density at radius 2 is 1.94 bits per heavy atom. The average molecular weight is 481 g/mol. The smallest absolute Gasteiger partial charge is 0.306 e. The molecule has 8 nitrogen and oxygen atoms in total. The largest absolute Gasteiger partial charge is 0.481 e. The van der Waals surface area contributed by atoms with Crippen LogP contribution in [0.3, 0.4) is 0 Å². The van der Waals surface area contributed by atoms with Crippen LogP contribution in [0.2, 0.25) is 0 Å². The number of unbranched alkanes of at least 4 members (excludes halogenated alkanes) is 4. The zero-order chi connectivity index (χ0) is 24.6. The van der Waals surface area contributed by atoms with Crippen molar-refractivity contribution >= 4 is 12.2 Å². The van der Waals surface area contributed by atoms with E-state index in [1.807, 2.05) is 13.1 Å². The number of aliphatic carboxylic acids is 1. The van der Waals surface area contributed by atoms with Crippen molar-refractivity contribution in [1.82, 2.24) is 15.5 Å². The molecule has 2 heterocycles. The first-order valence-electron chi connectivity index (χ1n) is 13.7. The van der Waals surface area contributed by atoms with Crippen molar-refractivity contribution in [3.05, 3.63) is 0 Å². The van der Waals surface area contributed by atoms with Gasteiger partial charge < -0.3 is 26.0 Å². The fourth-order valence-corrected chi connectivity index (χ4v) is 6.46. The van der Waals surface area contributed by atoms with Gasteiger partial charge in [-0.1, -0.05) is 45.4 Å². The molecule has 0 radical (unpaired) electrons. The minimum Gasteiger partial charge on any atom is -0.481 e. The lowest BCUT2D eigenvalue weighted by atomic mass is 9.71. The molecule has 0 spiro atoms. The normalized spacial score (nSPS) is 36.7. The number of hydrogen-bond acceptors (Lipinski definition) is 7. The molecule has 0 aromatic rings. The molecule has 196 valence electrons. The summed E-state index contributed by atoms with van der Waals surface area (Å²) >= 11 is 0. The standard InChI is InChI=1S/C26H48N4O4/c1-3-28-24-12-11-20(16-26(24,34)17-25(32)33)9-7-5-4-6-8-10-21-22(30-14-13-27-18-30)15-23(31)19(2)29-21/h13,19-24,28-29,31,34H,3-12,14-18H2,1-2H3,(H,32,33)/t19-,20-,21+,22-,23+,24-,26+/m0/s1. The third-order valence-corrected chi connectivity index (χ3v) is 8.37. The van der Waals surface area contributed by atoms with Gasteiger partial charge in [0.15, 0.2) is 0 Å². The maximum atomic E-state index is 11.3. The number of likely N-dealkylation sites (N-methyl/N-ethyl adjacent to an activating group) is 1. The second-order valence-electron chi connectivity index (χ2n) is 11.0. The molecule has 1 aliphatic carbocycles. The van der Waals surface area contributed by atoms with Gasteiger partial charge in [0, 0.05) is 36.9 Å². The number of aliphatic hydroxyl groups is 2. The van der Waals surface area contributed by atoms with Gasteiger partial charge in [-0.3, -0.25) is 14.7 Å². The Morgan fingerprint density at radius 1 is 1.21 bits per heavy atom. The molecule has 2 aliphatic heterocycles. The van der Waals surface area contributed by atoms with Crippen LogP contribution in [0.5, 0.6) is 0 Å². The summed E-state index contributed by atoms with van der Waals surface area (Å²) in [6.45, 7) is 6.48. The first kappa shape index (κ1) is 27.5. The van der Waals surface area contributed by atoms with E-state index in [-0.39, 0.29) is 24.6 Å². The van der Waals surface area contributed by atoms with E-state index in [4.69, 9.17) is 0 Å². The lowest BCUT2D eigenvalue weighted by Gasteiger charge is -2.43. The van der Waals surface area contributed by atoms with E-state index in [1.165, 1.54) is 25.7 Å². The Hall–Kier alpha value is -1.06. The molecule has 1 saturated heterocycles. The fraction of sp³-hybridized carbons (Fsp3) is 0.923. The molecule has 34 heavy (non-hydrogen) atoms.